The van der Waals surface area contributed by atoms with Crippen molar-refractivity contribution in [2.45, 2.75) is 19.0 Å². The van der Waals surface area contributed by atoms with Crippen LogP contribution in [0.4, 0.5) is 18.9 Å². The van der Waals surface area contributed by atoms with Crippen molar-refractivity contribution in [3.8, 4) is 0 Å². The van der Waals surface area contributed by atoms with Gasteiger partial charge in [-0.25, -0.2) is 0 Å². The molecule has 2 amide bonds. The van der Waals surface area contributed by atoms with Crippen LogP contribution in [0.5, 0.6) is 0 Å². The highest BCUT2D eigenvalue weighted by atomic mass is 19.4. The van der Waals surface area contributed by atoms with Crippen LogP contribution in [0, 0.1) is 5.92 Å². The number of anilines is 1. The Labute approximate surface area is 165 Å². The van der Waals surface area contributed by atoms with Gasteiger partial charge in [-0.2, -0.15) is 13.2 Å². The lowest BCUT2D eigenvalue weighted by molar-refractivity contribution is -0.137. The molecule has 2 aromatic rings. The fourth-order valence-corrected chi connectivity index (χ4v) is 3.00. The molecule has 1 aliphatic heterocycles. The van der Waals surface area contributed by atoms with E-state index in [-0.39, 0.29) is 22.7 Å². The van der Waals surface area contributed by atoms with E-state index in [1.165, 1.54) is 30.6 Å². The first kappa shape index (κ1) is 20.8. The zero-order valence-corrected chi connectivity index (χ0v) is 15.5. The largest absolute Gasteiger partial charge is 0.416 e. The molecule has 1 aromatic carbocycles. The molecule has 6 nitrogen and oxygen atoms in total. The summed E-state index contributed by atoms with van der Waals surface area (Å²) >= 11 is 0. The summed E-state index contributed by atoms with van der Waals surface area (Å²) in [4.78, 5) is 28.5. The topological polar surface area (TPSA) is 80.3 Å². The van der Waals surface area contributed by atoms with Gasteiger partial charge in [0.15, 0.2) is 0 Å². The van der Waals surface area contributed by atoms with Gasteiger partial charge in [0.1, 0.15) is 0 Å². The Bertz CT molecular complexity index is 866. The standard InChI is InChI=1S/C20H20F3N3O3/c21-20(22,23)16-7-15(18(27)25-10-13-3-2-6-29-12-13)8-17(9-16)26-19(28)14-4-1-5-24-11-14/h1,4-5,7-9,11,13H,2-3,6,10,12H2,(H,25,27)(H,26,28). The Kier molecular flexibility index (Phi) is 6.48. The Morgan fingerprint density at radius 2 is 2.00 bits per heavy atom. The van der Waals surface area contributed by atoms with Crippen LogP contribution in [0.2, 0.25) is 0 Å². The molecule has 3 rings (SSSR count). The number of benzene rings is 1. The van der Waals surface area contributed by atoms with Gasteiger partial charge in [0.05, 0.1) is 17.7 Å². The SMILES string of the molecule is O=C(NCC1CCCOC1)c1cc(NC(=O)c2cccnc2)cc(C(F)(F)F)c1. The predicted octanol–water partition coefficient (Wildman–Crippen LogP) is 3.51. The monoisotopic (exact) mass is 407 g/mol. The Morgan fingerprint density at radius 3 is 2.66 bits per heavy atom. The first-order valence-electron chi connectivity index (χ1n) is 9.12. The minimum Gasteiger partial charge on any atom is -0.381 e. The summed E-state index contributed by atoms with van der Waals surface area (Å²) in [7, 11) is 0. The molecule has 2 N–H and O–H groups in total. The normalized spacial score (nSPS) is 16.9. The minimum absolute atomic E-state index is 0.125. The average molecular weight is 407 g/mol. The number of rotatable bonds is 5. The highest BCUT2D eigenvalue weighted by Crippen LogP contribution is 2.32. The number of amides is 2. The third-order valence-corrected chi connectivity index (χ3v) is 4.51. The Balaban J connectivity index is 1.77. The van der Waals surface area contributed by atoms with E-state index in [4.69, 9.17) is 4.74 Å². The van der Waals surface area contributed by atoms with Gasteiger partial charge < -0.3 is 15.4 Å². The van der Waals surface area contributed by atoms with E-state index in [1.807, 2.05) is 0 Å². The van der Waals surface area contributed by atoms with Gasteiger partial charge in [-0.1, -0.05) is 0 Å². The molecule has 1 saturated heterocycles. The average Bonchev–Trinajstić information content (AvgIpc) is 2.72. The van der Waals surface area contributed by atoms with E-state index >= 15 is 0 Å². The lowest BCUT2D eigenvalue weighted by Crippen LogP contribution is -2.33. The van der Waals surface area contributed by atoms with Crippen LogP contribution >= 0.6 is 0 Å². The number of ether oxygens (including phenoxy) is 1. The van der Waals surface area contributed by atoms with E-state index in [0.717, 1.165) is 25.0 Å². The molecule has 0 spiro atoms. The van der Waals surface area contributed by atoms with Crippen molar-refractivity contribution in [2.75, 3.05) is 25.1 Å². The summed E-state index contributed by atoms with van der Waals surface area (Å²) in [5.41, 5.74) is -1.14. The number of carbonyl (C=O) groups is 2. The smallest absolute Gasteiger partial charge is 0.381 e. The second-order valence-electron chi connectivity index (χ2n) is 6.79. The van der Waals surface area contributed by atoms with E-state index in [1.54, 1.807) is 0 Å². The van der Waals surface area contributed by atoms with E-state index in [0.29, 0.717) is 19.8 Å². The number of carbonyl (C=O) groups excluding carboxylic acids is 2. The number of nitrogens with one attached hydrogen (secondary N) is 2. The molecular formula is C20H20F3N3O3. The van der Waals surface area contributed by atoms with Gasteiger partial charge in [-0.15, -0.1) is 0 Å². The lowest BCUT2D eigenvalue weighted by Gasteiger charge is -2.22. The zero-order chi connectivity index (χ0) is 20.9. The minimum atomic E-state index is -4.67. The van der Waals surface area contributed by atoms with E-state index in [2.05, 4.69) is 15.6 Å². The van der Waals surface area contributed by atoms with Crippen molar-refractivity contribution >= 4 is 17.5 Å². The highest BCUT2D eigenvalue weighted by Gasteiger charge is 2.32. The maximum Gasteiger partial charge on any atom is 0.416 e. The van der Waals surface area contributed by atoms with Gasteiger partial charge in [-0.05, 0) is 49.1 Å². The maximum atomic E-state index is 13.3. The zero-order valence-electron chi connectivity index (χ0n) is 15.5. The number of halogens is 3. The van der Waals surface area contributed by atoms with Gasteiger partial charge in [0, 0.05) is 36.8 Å². The van der Waals surface area contributed by atoms with Crippen LogP contribution in [0.1, 0.15) is 39.1 Å². The molecule has 0 aliphatic carbocycles. The highest BCUT2D eigenvalue weighted by molar-refractivity contribution is 6.05. The van der Waals surface area contributed by atoms with Gasteiger partial charge in [0.25, 0.3) is 11.8 Å². The van der Waals surface area contributed by atoms with E-state index < -0.39 is 23.6 Å². The number of pyridine rings is 1. The molecule has 1 aliphatic rings. The second kappa shape index (κ2) is 9.04. The maximum absolute atomic E-state index is 13.3. The molecule has 0 radical (unpaired) electrons. The number of nitrogens with zero attached hydrogens (tertiary/aromatic N) is 1. The van der Waals surface area contributed by atoms with Gasteiger partial charge >= 0.3 is 6.18 Å². The molecule has 2 heterocycles. The summed E-state index contributed by atoms with van der Waals surface area (Å²) in [6, 6.07) is 5.80. The summed E-state index contributed by atoms with van der Waals surface area (Å²) in [5, 5.41) is 5.04. The molecule has 1 atom stereocenters. The van der Waals surface area contributed by atoms with Crippen LogP contribution in [0.15, 0.2) is 42.7 Å². The lowest BCUT2D eigenvalue weighted by atomic mass is 10.0. The quantitative estimate of drug-likeness (QED) is 0.795. The fourth-order valence-electron chi connectivity index (χ4n) is 3.00. The molecule has 29 heavy (non-hydrogen) atoms. The van der Waals surface area contributed by atoms with Crippen molar-refractivity contribution in [1.82, 2.24) is 10.3 Å². The number of hydrogen-bond donors (Lipinski definition) is 2. The second-order valence-corrected chi connectivity index (χ2v) is 6.79. The van der Waals surface area contributed by atoms with Crippen LogP contribution < -0.4 is 10.6 Å². The first-order valence-corrected chi connectivity index (χ1v) is 9.12. The summed E-state index contributed by atoms with van der Waals surface area (Å²) in [6.07, 6.45) is -0.130. The van der Waals surface area contributed by atoms with Crippen LogP contribution in [0.3, 0.4) is 0 Å². The molecule has 1 aromatic heterocycles. The predicted molar refractivity (Wildman–Crippen MR) is 99.5 cm³/mol. The fraction of sp³-hybridized carbons (Fsp3) is 0.350. The summed E-state index contributed by atoms with van der Waals surface area (Å²) in [6.45, 7) is 1.50. The number of alkyl halides is 3. The van der Waals surface area contributed by atoms with Gasteiger partial charge in [0.2, 0.25) is 0 Å². The van der Waals surface area contributed by atoms with Crippen LogP contribution in [-0.4, -0.2) is 36.6 Å². The van der Waals surface area contributed by atoms with Crippen molar-refractivity contribution in [3.05, 3.63) is 59.4 Å². The Hall–Kier alpha value is -2.94. The van der Waals surface area contributed by atoms with Crippen molar-refractivity contribution < 1.29 is 27.5 Å². The first-order chi connectivity index (χ1) is 13.8. The van der Waals surface area contributed by atoms with Crippen LogP contribution in [0.25, 0.3) is 0 Å². The Morgan fingerprint density at radius 1 is 1.17 bits per heavy atom. The van der Waals surface area contributed by atoms with Gasteiger partial charge in [-0.3, -0.25) is 14.6 Å². The van der Waals surface area contributed by atoms with Crippen molar-refractivity contribution in [2.24, 2.45) is 5.92 Å². The number of hydrogen-bond acceptors (Lipinski definition) is 4. The molecular weight excluding hydrogens is 387 g/mol. The molecule has 1 unspecified atom stereocenters. The summed E-state index contributed by atoms with van der Waals surface area (Å²) in [5.74, 6) is -1.13. The third-order valence-electron chi connectivity index (χ3n) is 4.51. The molecule has 0 saturated carbocycles. The third kappa shape index (κ3) is 5.77. The van der Waals surface area contributed by atoms with Crippen molar-refractivity contribution in [1.29, 1.82) is 0 Å². The number of aromatic nitrogens is 1. The molecule has 154 valence electrons. The molecule has 0 bridgehead atoms. The summed E-state index contributed by atoms with van der Waals surface area (Å²) < 4.78 is 45.2. The van der Waals surface area contributed by atoms with E-state index in [9.17, 15) is 22.8 Å². The molecule has 1 fully saturated rings. The van der Waals surface area contributed by atoms with Crippen LogP contribution in [-0.2, 0) is 10.9 Å². The molecule has 9 heteroatoms. The van der Waals surface area contributed by atoms with Crippen molar-refractivity contribution in [3.63, 3.8) is 0 Å².